The van der Waals surface area contributed by atoms with Crippen LogP contribution in [0.2, 0.25) is 0 Å². The van der Waals surface area contributed by atoms with Crippen molar-refractivity contribution in [2.75, 3.05) is 0 Å². The molecule has 2 N–H and O–H groups in total. The molecule has 0 aliphatic rings. The van der Waals surface area contributed by atoms with Gasteiger partial charge in [0.05, 0.1) is 0 Å². The number of hydrogen-bond acceptors (Lipinski definition) is 1. The normalized spacial score (nSPS) is 7.64. The average Bonchev–Trinajstić information content (AvgIpc) is 2.10. The summed E-state index contributed by atoms with van der Waals surface area (Å²) >= 11 is 0. The molecule has 0 radical (unpaired) electrons. The maximum atomic E-state index is 10.4. The second-order valence-electron chi connectivity index (χ2n) is 1.73. The van der Waals surface area contributed by atoms with Gasteiger partial charge in [0.25, 0.3) is 0 Å². The lowest BCUT2D eigenvalue weighted by atomic mass is 10.2. The molecule has 2 heteroatoms. The Balaban J connectivity index is 0.000000461. The van der Waals surface area contributed by atoms with Gasteiger partial charge in [0.15, 0.2) is 0 Å². The minimum absolute atomic E-state index is 0.379. The van der Waals surface area contributed by atoms with E-state index >= 15 is 0 Å². The molecule has 0 bridgehead atoms. The van der Waals surface area contributed by atoms with E-state index in [0.717, 1.165) is 0 Å². The molecule has 11 heavy (non-hydrogen) atoms. The van der Waals surface area contributed by atoms with E-state index in [4.69, 9.17) is 5.73 Å². The topological polar surface area (TPSA) is 43.1 Å². The summed E-state index contributed by atoms with van der Waals surface area (Å²) in [5, 5.41) is 0. The van der Waals surface area contributed by atoms with E-state index in [0.29, 0.717) is 5.56 Å². The van der Waals surface area contributed by atoms with Gasteiger partial charge >= 0.3 is 0 Å². The van der Waals surface area contributed by atoms with Crippen molar-refractivity contribution in [2.45, 2.75) is 0 Å². The fourth-order valence-corrected chi connectivity index (χ4v) is 0.602. The SMILES string of the molecule is C=C.NC(=O)c1ccccc1. The van der Waals surface area contributed by atoms with Crippen molar-refractivity contribution in [1.29, 1.82) is 0 Å². The minimum atomic E-state index is -0.379. The Labute approximate surface area is 66.3 Å². The third-order valence-corrected chi connectivity index (χ3v) is 1.06. The molecule has 1 aromatic carbocycles. The zero-order valence-electron chi connectivity index (χ0n) is 6.29. The molecule has 0 saturated carbocycles. The molecule has 0 heterocycles. The lowest BCUT2D eigenvalue weighted by Crippen LogP contribution is -2.09. The van der Waals surface area contributed by atoms with Gasteiger partial charge in [0.1, 0.15) is 0 Å². The number of carbonyl (C=O) groups is 1. The molecule has 0 unspecified atom stereocenters. The highest BCUT2D eigenvalue weighted by atomic mass is 16.1. The van der Waals surface area contributed by atoms with Gasteiger partial charge in [-0.1, -0.05) is 18.2 Å². The molecule has 0 aromatic heterocycles. The Hall–Kier alpha value is -1.57. The average molecular weight is 149 g/mol. The molecule has 1 aromatic rings. The third kappa shape index (κ3) is 3.20. The zero-order chi connectivity index (χ0) is 8.69. The zero-order valence-corrected chi connectivity index (χ0v) is 6.29. The highest BCUT2D eigenvalue weighted by Gasteiger charge is 1.93. The molecule has 0 aliphatic heterocycles. The maximum Gasteiger partial charge on any atom is 0.248 e. The molecule has 0 atom stereocenters. The van der Waals surface area contributed by atoms with Crippen molar-refractivity contribution < 1.29 is 4.79 Å². The van der Waals surface area contributed by atoms with Crippen molar-refractivity contribution in [3.63, 3.8) is 0 Å². The maximum absolute atomic E-state index is 10.4. The summed E-state index contributed by atoms with van der Waals surface area (Å²) in [7, 11) is 0. The number of carbonyl (C=O) groups excluding carboxylic acids is 1. The van der Waals surface area contributed by atoms with Crippen LogP contribution in [0.4, 0.5) is 0 Å². The number of rotatable bonds is 1. The van der Waals surface area contributed by atoms with Crippen LogP contribution in [0.25, 0.3) is 0 Å². The van der Waals surface area contributed by atoms with Crippen molar-refractivity contribution in [3.8, 4) is 0 Å². The van der Waals surface area contributed by atoms with Gasteiger partial charge in [-0.2, -0.15) is 0 Å². The Morgan fingerprint density at radius 1 is 1.18 bits per heavy atom. The van der Waals surface area contributed by atoms with Gasteiger partial charge < -0.3 is 5.73 Å². The van der Waals surface area contributed by atoms with Gasteiger partial charge in [0.2, 0.25) is 5.91 Å². The first-order chi connectivity index (χ1) is 5.30. The van der Waals surface area contributed by atoms with E-state index in [-0.39, 0.29) is 5.91 Å². The van der Waals surface area contributed by atoms with Gasteiger partial charge in [-0.15, -0.1) is 13.2 Å². The van der Waals surface area contributed by atoms with Crippen molar-refractivity contribution in [3.05, 3.63) is 49.1 Å². The lowest BCUT2D eigenvalue weighted by Gasteiger charge is -1.89. The number of benzene rings is 1. The highest BCUT2D eigenvalue weighted by molar-refractivity contribution is 5.92. The van der Waals surface area contributed by atoms with E-state index in [1.807, 2.05) is 6.07 Å². The summed E-state index contributed by atoms with van der Waals surface area (Å²) in [6, 6.07) is 8.76. The molecular weight excluding hydrogens is 138 g/mol. The van der Waals surface area contributed by atoms with Crippen LogP contribution in [-0.4, -0.2) is 5.91 Å². The van der Waals surface area contributed by atoms with E-state index in [2.05, 4.69) is 13.2 Å². The number of hydrogen-bond donors (Lipinski definition) is 1. The van der Waals surface area contributed by atoms with Crippen LogP contribution in [0.1, 0.15) is 10.4 Å². The fourth-order valence-electron chi connectivity index (χ4n) is 0.602. The van der Waals surface area contributed by atoms with Crippen molar-refractivity contribution >= 4 is 5.91 Å². The van der Waals surface area contributed by atoms with Crippen molar-refractivity contribution in [1.82, 2.24) is 0 Å². The number of amides is 1. The molecule has 1 amide bonds. The van der Waals surface area contributed by atoms with E-state index in [9.17, 15) is 4.79 Å². The Kier molecular flexibility index (Phi) is 4.49. The summed E-state index contributed by atoms with van der Waals surface area (Å²) in [4.78, 5) is 10.4. The fraction of sp³-hybridized carbons (Fsp3) is 0. The minimum Gasteiger partial charge on any atom is -0.366 e. The summed E-state index contributed by atoms with van der Waals surface area (Å²) in [5.41, 5.74) is 5.53. The third-order valence-electron chi connectivity index (χ3n) is 1.06. The van der Waals surface area contributed by atoms with E-state index < -0.39 is 0 Å². The van der Waals surface area contributed by atoms with Crippen LogP contribution >= 0.6 is 0 Å². The highest BCUT2D eigenvalue weighted by Crippen LogP contribution is 1.94. The van der Waals surface area contributed by atoms with Crippen LogP contribution < -0.4 is 5.73 Å². The predicted molar refractivity (Wildman–Crippen MR) is 46.2 cm³/mol. The molecule has 0 saturated heterocycles. The van der Waals surface area contributed by atoms with E-state index in [1.54, 1.807) is 24.3 Å². The second-order valence-corrected chi connectivity index (χ2v) is 1.73. The van der Waals surface area contributed by atoms with Crippen molar-refractivity contribution in [2.24, 2.45) is 5.73 Å². The first-order valence-electron chi connectivity index (χ1n) is 3.15. The van der Waals surface area contributed by atoms with Crippen LogP contribution in [0.5, 0.6) is 0 Å². The Bertz CT molecular complexity index is 218. The summed E-state index contributed by atoms with van der Waals surface area (Å²) < 4.78 is 0. The second kappa shape index (κ2) is 5.23. The van der Waals surface area contributed by atoms with Crippen LogP contribution in [-0.2, 0) is 0 Å². The number of nitrogens with two attached hydrogens (primary N) is 1. The lowest BCUT2D eigenvalue weighted by molar-refractivity contribution is 0.100. The van der Waals surface area contributed by atoms with E-state index in [1.165, 1.54) is 0 Å². The van der Waals surface area contributed by atoms with Crippen LogP contribution in [0.3, 0.4) is 0 Å². The summed E-state index contributed by atoms with van der Waals surface area (Å²) in [6.07, 6.45) is 0. The van der Waals surface area contributed by atoms with Crippen LogP contribution in [0.15, 0.2) is 43.5 Å². The van der Waals surface area contributed by atoms with Crippen LogP contribution in [0, 0.1) is 0 Å². The molecular formula is C9H11NO. The van der Waals surface area contributed by atoms with Gasteiger partial charge in [-0.05, 0) is 12.1 Å². The Morgan fingerprint density at radius 3 is 1.91 bits per heavy atom. The van der Waals surface area contributed by atoms with Gasteiger partial charge in [0, 0.05) is 5.56 Å². The van der Waals surface area contributed by atoms with Gasteiger partial charge in [-0.3, -0.25) is 4.79 Å². The molecule has 0 fully saturated rings. The molecule has 58 valence electrons. The molecule has 2 nitrogen and oxygen atoms in total. The standard InChI is InChI=1S/C7H7NO.C2H4/c8-7(9)6-4-2-1-3-5-6;1-2/h1-5H,(H2,8,9);1-2H2. The smallest absolute Gasteiger partial charge is 0.248 e. The molecule has 0 aliphatic carbocycles. The first-order valence-corrected chi connectivity index (χ1v) is 3.15. The number of primary amides is 1. The van der Waals surface area contributed by atoms with Gasteiger partial charge in [-0.25, -0.2) is 0 Å². The summed E-state index contributed by atoms with van der Waals surface area (Å²) in [5.74, 6) is -0.379. The first kappa shape index (κ1) is 9.43. The predicted octanol–water partition coefficient (Wildman–Crippen LogP) is 1.59. The Morgan fingerprint density at radius 2 is 1.64 bits per heavy atom. The molecule has 1 rings (SSSR count). The quantitative estimate of drug-likeness (QED) is 0.605. The monoisotopic (exact) mass is 149 g/mol. The largest absolute Gasteiger partial charge is 0.366 e. The molecule has 0 spiro atoms. The summed E-state index contributed by atoms with van der Waals surface area (Å²) in [6.45, 7) is 6.00.